The van der Waals surface area contributed by atoms with Crippen molar-refractivity contribution in [1.82, 2.24) is 4.90 Å². The maximum absolute atomic E-state index is 11.5. The lowest BCUT2D eigenvalue weighted by atomic mass is 9.86. The minimum absolute atomic E-state index is 0.0164. The monoisotopic (exact) mass is 257 g/mol. The molecule has 0 spiro atoms. The Bertz CT molecular complexity index is 394. The van der Waals surface area contributed by atoms with Crippen LogP contribution < -0.4 is 5.11 Å². The van der Waals surface area contributed by atoms with Crippen LogP contribution in [0.5, 0.6) is 0 Å². The van der Waals surface area contributed by atoms with Gasteiger partial charge < -0.3 is 24.6 Å². The van der Waals surface area contributed by atoms with Crippen LogP contribution >= 0.6 is 0 Å². The van der Waals surface area contributed by atoms with E-state index in [1.54, 1.807) is 6.92 Å². The number of piperidine rings is 1. The molecule has 1 aliphatic heterocycles. The van der Waals surface area contributed by atoms with E-state index in [4.69, 9.17) is 10.3 Å². The number of rotatable bonds is 3. The summed E-state index contributed by atoms with van der Waals surface area (Å²) in [5.41, 5.74) is 4.95. The molecule has 1 heterocycles. The van der Waals surface area contributed by atoms with Gasteiger partial charge in [0.15, 0.2) is 5.60 Å². The quantitative estimate of drug-likeness (QED) is 0.272. The molecular formula is C10H15N3O5. The molecule has 1 aliphatic rings. The number of carboxylic acid groups (broad SMARTS) is 1. The van der Waals surface area contributed by atoms with Crippen LogP contribution in [0.1, 0.15) is 19.8 Å². The third-order valence-electron chi connectivity index (χ3n) is 2.87. The van der Waals surface area contributed by atoms with Crippen LogP contribution in [0, 0.1) is 5.53 Å². The number of carbonyl (C=O) groups is 2. The van der Waals surface area contributed by atoms with E-state index in [-0.39, 0.29) is 38.2 Å². The number of carbonyl (C=O) groups excluding carboxylic acids is 2. The van der Waals surface area contributed by atoms with Crippen LogP contribution in [-0.4, -0.2) is 57.9 Å². The van der Waals surface area contributed by atoms with Gasteiger partial charge in [-0.3, -0.25) is 0 Å². The van der Waals surface area contributed by atoms with Gasteiger partial charge in [0.1, 0.15) is 6.09 Å². The molecule has 100 valence electrons. The lowest BCUT2D eigenvalue weighted by molar-refractivity contribution is -0.267. The number of esters is 1. The van der Waals surface area contributed by atoms with Gasteiger partial charge in [-0.05, 0) is 6.92 Å². The molecule has 0 unspecified atom stereocenters. The second-order valence-corrected chi connectivity index (χ2v) is 3.97. The van der Waals surface area contributed by atoms with E-state index in [0.717, 1.165) is 4.90 Å². The van der Waals surface area contributed by atoms with Crippen molar-refractivity contribution in [1.29, 1.82) is 5.53 Å². The van der Waals surface area contributed by atoms with Crippen molar-refractivity contribution in [2.45, 2.75) is 25.4 Å². The first-order chi connectivity index (χ1) is 8.44. The van der Waals surface area contributed by atoms with Crippen molar-refractivity contribution in [2.24, 2.45) is 0 Å². The van der Waals surface area contributed by atoms with Gasteiger partial charge >= 0.3 is 11.7 Å². The van der Waals surface area contributed by atoms with E-state index in [1.165, 1.54) is 0 Å². The zero-order valence-corrected chi connectivity index (χ0v) is 10.0. The smallest absolute Gasteiger partial charge is 0.455 e. The summed E-state index contributed by atoms with van der Waals surface area (Å²) in [4.78, 5) is 26.2. The zero-order chi connectivity index (χ0) is 13.8. The molecule has 0 radical (unpaired) electrons. The zero-order valence-electron chi connectivity index (χ0n) is 10.0. The van der Waals surface area contributed by atoms with E-state index in [0.29, 0.717) is 0 Å². The predicted molar refractivity (Wildman–Crippen MR) is 55.8 cm³/mol. The lowest BCUT2D eigenvalue weighted by Crippen LogP contribution is -2.55. The van der Waals surface area contributed by atoms with Gasteiger partial charge in [-0.1, -0.05) is 0 Å². The first-order valence-electron chi connectivity index (χ1n) is 5.55. The van der Waals surface area contributed by atoms with Crippen molar-refractivity contribution in [3.8, 4) is 0 Å². The topological polar surface area (TPSA) is 128 Å². The van der Waals surface area contributed by atoms with Crippen molar-refractivity contribution in [3.05, 3.63) is 0 Å². The fraction of sp³-hybridized carbons (Fsp3) is 0.700. The van der Waals surface area contributed by atoms with Gasteiger partial charge in [0, 0.05) is 25.9 Å². The molecule has 18 heavy (non-hydrogen) atoms. The van der Waals surface area contributed by atoms with E-state index in [9.17, 15) is 19.8 Å². The SMILES string of the molecule is CCOC(=O)C(=[N+]=N)C1(O)CCN(C(=O)[O-])CC1. The highest BCUT2D eigenvalue weighted by Crippen LogP contribution is 2.23. The second kappa shape index (κ2) is 5.61. The second-order valence-electron chi connectivity index (χ2n) is 3.97. The molecule has 2 N–H and O–H groups in total. The summed E-state index contributed by atoms with van der Waals surface area (Å²) < 4.78 is 4.70. The Hall–Kier alpha value is -1.92. The van der Waals surface area contributed by atoms with Crippen molar-refractivity contribution in [3.63, 3.8) is 0 Å². The Labute approximate surface area is 103 Å². The highest BCUT2D eigenvalue weighted by Gasteiger charge is 2.50. The molecular weight excluding hydrogens is 242 g/mol. The largest absolute Gasteiger partial charge is 0.530 e. The standard InChI is InChI=1S/C10H15N3O5/c1-2-18-8(14)7(12-11)10(17)3-5-13(6-4-10)9(15)16/h11,17H,2-6H2,1H3. The average molecular weight is 257 g/mol. The molecule has 1 rings (SSSR count). The van der Waals surface area contributed by atoms with Crippen LogP contribution in [0.15, 0.2) is 0 Å². The molecule has 1 saturated heterocycles. The normalized spacial score (nSPS) is 17.8. The number of nitrogens with one attached hydrogen (secondary N) is 1. The van der Waals surface area contributed by atoms with Gasteiger partial charge in [0.2, 0.25) is 0 Å². The Morgan fingerprint density at radius 1 is 1.50 bits per heavy atom. The highest BCUT2D eigenvalue weighted by molar-refractivity contribution is 6.37. The van der Waals surface area contributed by atoms with Gasteiger partial charge in [-0.2, -0.15) is 0 Å². The molecule has 8 heteroatoms. The Kier molecular flexibility index (Phi) is 4.41. The van der Waals surface area contributed by atoms with Crippen molar-refractivity contribution in [2.75, 3.05) is 19.7 Å². The summed E-state index contributed by atoms with van der Waals surface area (Å²) in [5.74, 6) is -0.850. The molecule has 0 aliphatic carbocycles. The maximum Gasteiger partial charge on any atom is 0.455 e. The minimum atomic E-state index is -1.61. The van der Waals surface area contributed by atoms with E-state index in [1.807, 2.05) is 0 Å². The number of hydrogen-bond acceptors (Lipinski definition) is 6. The average Bonchev–Trinajstić information content (AvgIpc) is 2.30. The van der Waals surface area contributed by atoms with Crippen LogP contribution in [0.25, 0.3) is 0 Å². The molecule has 0 aromatic rings. The molecule has 8 nitrogen and oxygen atoms in total. The highest BCUT2D eigenvalue weighted by atomic mass is 16.5. The van der Waals surface area contributed by atoms with E-state index < -0.39 is 17.7 Å². The number of aliphatic hydroxyl groups is 1. The first-order valence-corrected chi connectivity index (χ1v) is 5.55. The summed E-state index contributed by atoms with van der Waals surface area (Å²) >= 11 is 0. The van der Waals surface area contributed by atoms with Crippen molar-refractivity contribution < 1.29 is 29.3 Å². The number of ether oxygens (including phenoxy) is 1. The van der Waals surface area contributed by atoms with Crippen LogP contribution in [0.3, 0.4) is 0 Å². The van der Waals surface area contributed by atoms with Gasteiger partial charge in [0.05, 0.1) is 16.9 Å². The molecule has 0 bridgehead atoms. The number of likely N-dealkylation sites (tertiary alicyclic amines) is 1. The summed E-state index contributed by atoms with van der Waals surface area (Å²) in [6, 6.07) is 0. The Balaban J connectivity index is 2.79. The Morgan fingerprint density at radius 2 is 2.06 bits per heavy atom. The maximum atomic E-state index is 11.5. The first kappa shape index (κ1) is 14.1. The summed E-state index contributed by atoms with van der Waals surface area (Å²) in [6.07, 6.45) is -1.35. The lowest BCUT2D eigenvalue weighted by Gasteiger charge is -2.35. The van der Waals surface area contributed by atoms with E-state index in [2.05, 4.69) is 4.79 Å². The van der Waals surface area contributed by atoms with Crippen LogP contribution in [0.2, 0.25) is 0 Å². The predicted octanol–water partition coefficient (Wildman–Crippen LogP) is -1.60. The molecule has 0 atom stereocenters. The number of amides is 1. The van der Waals surface area contributed by atoms with Crippen LogP contribution in [-0.2, 0) is 9.53 Å². The summed E-state index contributed by atoms with van der Waals surface area (Å²) in [7, 11) is 0. The van der Waals surface area contributed by atoms with Gasteiger partial charge in [0.25, 0.3) is 0 Å². The van der Waals surface area contributed by atoms with E-state index >= 15 is 0 Å². The molecule has 0 saturated carbocycles. The molecule has 0 aromatic heterocycles. The third kappa shape index (κ3) is 2.85. The van der Waals surface area contributed by atoms with Gasteiger partial charge in [-0.25, -0.2) is 4.79 Å². The summed E-state index contributed by atoms with van der Waals surface area (Å²) in [5, 5.41) is 20.9. The Morgan fingerprint density at radius 3 is 2.44 bits per heavy atom. The van der Waals surface area contributed by atoms with Gasteiger partial charge in [-0.15, -0.1) is 0 Å². The fourth-order valence-corrected chi connectivity index (χ4v) is 1.84. The molecule has 1 fully saturated rings. The number of nitrogens with zero attached hydrogens (tertiary/aromatic N) is 2. The number of hydrogen-bond donors (Lipinski definition) is 2. The third-order valence-corrected chi connectivity index (χ3v) is 2.87. The van der Waals surface area contributed by atoms with Crippen LogP contribution in [0.4, 0.5) is 4.79 Å². The van der Waals surface area contributed by atoms with Crippen molar-refractivity contribution >= 4 is 17.8 Å². The summed E-state index contributed by atoms with van der Waals surface area (Å²) in [6.45, 7) is 1.76. The minimum Gasteiger partial charge on any atom is -0.530 e. The molecule has 0 aromatic carbocycles. The molecule has 1 amide bonds. The fourth-order valence-electron chi connectivity index (χ4n) is 1.84.